The van der Waals surface area contributed by atoms with Crippen molar-refractivity contribution in [2.75, 3.05) is 39.8 Å². The van der Waals surface area contributed by atoms with Crippen LogP contribution < -0.4 is 10.1 Å². The lowest BCUT2D eigenvalue weighted by atomic mass is 9.77. The summed E-state index contributed by atoms with van der Waals surface area (Å²) in [5.41, 5.74) is 0.0854. The molecule has 0 radical (unpaired) electrons. The van der Waals surface area contributed by atoms with Gasteiger partial charge >= 0.3 is 0 Å². The predicted molar refractivity (Wildman–Crippen MR) is 128 cm³/mol. The van der Waals surface area contributed by atoms with E-state index in [0.29, 0.717) is 37.7 Å². The Balaban J connectivity index is 1.18. The van der Waals surface area contributed by atoms with Gasteiger partial charge in [-0.1, -0.05) is 18.2 Å². The first-order valence-corrected chi connectivity index (χ1v) is 12.1. The monoisotopic (exact) mass is 472 g/mol. The van der Waals surface area contributed by atoms with Crippen LogP contribution in [0.4, 0.5) is 0 Å². The van der Waals surface area contributed by atoms with Gasteiger partial charge in [-0.3, -0.25) is 19.3 Å². The zero-order chi connectivity index (χ0) is 23.4. The molecule has 1 aromatic rings. The van der Waals surface area contributed by atoms with Gasteiger partial charge in [-0.2, -0.15) is 0 Å². The summed E-state index contributed by atoms with van der Waals surface area (Å²) in [5, 5.41) is 3.31. The number of likely N-dealkylation sites (N-methyl/N-ethyl adjacent to an activating group) is 1. The number of thiocarbonyl (C=S) groups is 1. The predicted octanol–water partition coefficient (Wildman–Crippen LogP) is 1.79. The number of benzene rings is 1. The van der Waals surface area contributed by atoms with Crippen molar-refractivity contribution < 1.29 is 19.1 Å². The minimum absolute atomic E-state index is 0.00672. The maximum absolute atomic E-state index is 12.8. The highest BCUT2D eigenvalue weighted by atomic mass is 32.1. The normalized spacial score (nSPS) is 22.1. The maximum atomic E-state index is 12.8. The number of carbonyl (C=O) groups excluding carboxylic acids is 3. The number of carbonyl (C=O) groups is 3. The Hall–Kier alpha value is -2.68. The van der Waals surface area contributed by atoms with E-state index in [2.05, 4.69) is 5.32 Å². The molecule has 0 saturated carbocycles. The van der Waals surface area contributed by atoms with Gasteiger partial charge < -0.3 is 19.9 Å². The second-order valence-corrected chi connectivity index (χ2v) is 9.70. The molecule has 3 heterocycles. The van der Waals surface area contributed by atoms with E-state index in [-0.39, 0.29) is 29.6 Å². The van der Waals surface area contributed by atoms with Crippen LogP contribution in [0.3, 0.4) is 0 Å². The molecule has 3 fully saturated rings. The van der Waals surface area contributed by atoms with E-state index in [0.717, 1.165) is 38.1 Å². The van der Waals surface area contributed by atoms with E-state index in [1.54, 1.807) is 7.05 Å². The Labute approximate surface area is 200 Å². The molecule has 9 heteroatoms. The third-order valence-electron chi connectivity index (χ3n) is 7.12. The van der Waals surface area contributed by atoms with Crippen LogP contribution in [0.1, 0.15) is 38.5 Å². The minimum Gasteiger partial charge on any atom is -0.494 e. The number of ether oxygens (including phenoxy) is 1. The number of nitrogens with one attached hydrogen (secondary N) is 1. The van der Waals surface area contributed by atoms with Crippen molar-refractivity contribution >= 4 is 35.1 Å². The van der Waals surface area contributed by atoms with Crippen LogP contribution in [-0.4, -0.2) is 83.4 Å². The Morgan fingerprint density at radius 2 is 1.76 bits per heavy atom. The van der Waals surface area contributed by atoms with Gasteiger partial charge in [0.15, 0.2) is 5.11 Å². The van der Waals surface area contributed by atoms with Crippen LogP contribution in [0, 0.1) is 5.41 Å². The molecule has 0 aliphatic carbocycles. The zero-order valence-corrected chi connectivity index (χ0v) is 19.9. The van der Waals surface area contributed by atoms with Crippen molar-refractivity contribution in [3.05, 3.63) is 30.3 Å². The largest absolute Gasteiger partial charge is 0.494 e. The van der Waals surface area contributed by atoms with E-state index in [4.69, 9.17) is 17.0 Å². The summed E-state index contributed by atoms with van der Waals surface area (Å²) in [4.78, 5) is 42.8. The summed E-state index contributed by atoms with van der Waals surface area (Å²) >= 11 is 5.10. The summed E-state index contributed by atoms with van der Waals surface area (Å²) < 4.78 is 5.68. The Bertz CT molecular complexity index is 901. The summed E-state index contributed by atoms with van der Waals surface area (Å²) in [6.07, 6.45) is 4.10. The van der Waals surface area contributed by atoms with E-state index in [9.17, 15) is 14.4 Å². The standard InChI is InChI=1S/C24H32N4O4S/c1-26-22(31)19(25-23(26)33)16-21(30)28-14-11-24(17-28)9-12-27(13-10-24)20(29)8-5-15-32-18-6-3-2-4-7-18/h2-4,6-7,19H,5,8-17H2,1H3,(H,25,33). The number of para-hydroxylation sites is 1. The van der Waals surface area contributed by atoms with Gasteiger partial charge in [0.05, 0.1) is 13.0 Å². The summed E-state index contributed by atoms with van der Waals surface area (Å²) in [5.74, 6) is 0.849. The average Bonchev–Trinajstić information content (AvgIpc) is 3.34. The number of hydrogen-bond acceptors (Lipinski definition) is 5. The first kappa shape index (κ1) is 23.5. The van der Waals surface area contributed by atoms with Gasteiger partial charge in [0.2, 0.25) is 11.8 Å². The van der Waals surface area contributed by atoms with Gasteiger partial charge in [-0.05, 0) is 55.4 Å². The second-order valence-electron chi connectivity index (χ2n) is 9.31. The molecule has 8 nitrogen and oxygen atoms in total. The first-order chi connectivity index (χ1) is 15.9. The summed E-state index contributed by atoms with van der Waals surface area (Å²) in [6, 6.07) is 9.08. The van der Waals surface area contributed by atoms with E-state index in [1.807, 2.05) is 40.1 Å². The van der Waals surface area contributed by atoms with Crippen LogP contribution >= 0.6 is 12.2 Å². The fourth-order valence-corrected chi connectivity index (χ4v) is 5.19. The van der Waals surface area contributed by atoms with Crippen molar-refractivity contribution in [1.82, 2.24) is 20.0 Å². The molecule has 1 aromatic carbocycles. The van der Waals surface area contributed by atoms with E-state index in [1.165, 1.54) is 4.90 Å². The molecular weight excluding hydrogens is 440 g/mol. The molecule has 178 valence electrons. The van der Waals surface area contributed by atoms with Gasteiger partial charge in [-0.25, -0.2) is 0 Å². The molecule has 0 bridgehead atoms. The number of rotatable bonds is 7. The van der Waals surface area contributed by atoms with Crippen molar-refractivity contribution in [2.45, 2.75) is 44.6 Å². The molecule has 3 aliphatic heterocycles. The fourth-order valence-electron chi connectivity index (χ4n) is 4.96. The lowest BCUT2D eigenvalue weighted by Gasteiger charge is -2.39. The zero-order valence-electron chi connectivity index (χ0n) is 19.1. The van der Waals surface area contributed by atoms with Crippen LogP contribution in [-0.2, 0) is 14.4 Å². The molecule has 1 spiro atoms. The average molecular weight is 473 g/mol. The van der Waals surface area contributed by atoms with Crippen LogP contribution in [0.25, 0.3) is 0 Å². The summed E-state index contributed by atoms with van der Waals surface area (Å²) in [6.45, 7) is 3.43. The van der Waals surface area contributed by atoms with Gasteiger partial charge in [0.25, 0.3) is 5.91 Å². The van der Waals surface area contributed by atoms with Crippen LogP contribution in [0.2, 0.25) is 0 Å². The van der Waals surface area contributed by atoms with Crippen LogP contribution in [0.5, 0.6) is 5.75 Å². The third-order valence-corrected chi connectivity index (χ3v) is 7.52. The molecule has 3 aliphatic rings. The van der Waals surface area contributed by atoms with Crippen molar-refractivity contribution in [1.29, 1.82) is 0 Å². The molecule has 1 atom stereocenters. The van der Waals surface area contributed by atoms with E-state index < -0.39 is 6.04 Å². The number of likely N-dealkylation sites (tertiary alicyclic amines) is 2. The fraction of sp³-hybridized carbons (Fsp3) is 0.583. The molecule has 1 N–H and O–H groups in total. The molecule has 3 amide bonds. The molecule has 33 heavy (non-hydrogen) atoms. The van der Waals surface area contributed by atoms with E-state index >= 15 is 0 Å². The van der Waals surface area contributed by atoms with Crippen molar-refractivity contribution in [3.8, 4) is 5.75 Å². The Morgan fingerprint density at radius 3 is 2.39 bits per heavy atom. The Morgan fingerprint density at radius 1 is 1.09 bits per heavy atom. The Kier molecular flexibility index (Phi) is 7.17. The molecular formula is C24H32N4O4S. The number of piperidine rings is 1. The van der Waals surface area contributed by atoms with Gasteiger partial charge in [0, 0.05) is 39.6 Å². The molecule has 0 aromatic heterocycles. The molecule has 4 rings (SSSR count). The lowest BCUT2D eigenvalue weighted by molar-refractivity contribution is -0.136. The van der Waals surface area contributed by atoms with Gasteiger partial charge in [0.1, 0.15) is 11.8 Å². The summed E-state index contributed by atoms with van der Waals surface area (Å²) in [7, 11) is 1.62. The van der Waals surface area contributed by atoms with Crippen molar-refractivity contribution in [3.63, 3.8) is 0 Å². The number of nitrogens with zero attached hydrogens (tertiary/aromatic N) is 3. The first-order valence-electron chi connectivity index (χ1n) is 11.7. The topological polar surface area (TPSA) is 82.2 Å². The maximum Gasteiger partial charge on any atom is 0.251 e. The smallest absolute Gasteiger partial charge is 0.251 e. The molecule has 3 saturated heterocycles. The van der Waals surface area contributed by atoms with Gasteiger partial charge in [-0.15, -0.1) is 0 Å². The van der Waals surface area contributed by atoms with Crippen molar-refractivity contribution in [2.24, 2.45) is 5.41 Å². The minimum atomic E-state index is -0.558. The highest BCUT2D eigenvalue weighted by Gasteiger charge is 2.44. The number of hydrogen-bond donors (Lipinski definition) is 1. The SMILES string of the molecule is CN1C(=O)C(CC(=O)N2CCC3(CCN(C(=O)CCCOc4ccccc4)CC3)C2)NC1=S. The quantitative estimate of drug-likeness (QED) is 0.481. The lowest BCUT2D eigenvalue weighted by Crippen LogP contribution is -2.45. The third kappa shape index (κ3) is 5.46. The number of amides is 3. The molecule has 1 unspecified atom stereocenters. The highest BCUT2D eigenvalue weighted by Crippen LogP contribution is 2.40. The van der Waals surface area contributed by atoms with Crippen LogP contribution in [0.15, 0.2) is 30.3 Å². The second kappa shape index (κ2) is 10.1. The highest BCUT2D eigenvalue weighted by molar-refractivity contribution is 7.80.